The van der Waals surface area contributed by atoms with Gasteiger partial charge in [0.25, 0.3) is 0 Å². The van der Waals surface area contributed by atoms with E-state index in [1.807, 2.05) is 48.5 Å². The number of methoxy groups -OCH3 is 6. The molecule has 0 saturated heterocycles. The summed E-state index contributed by atoms with van der Waals surface area (Å²) < 4.78 is 34.2. The highest BCUT2D eigenvalue weighted by molar-refractivity contribution is 5.87. The molecule has 470 valence electrons. The predicted octanol–water partition coefficient (Wildman–Crippen LogP) is 20.6. The Morgan fingerprint density at radius 1 is 0.473 bits per heavy atom. The average Bonchev–Trinajstić information content (AvgIpc) is 1.69. The SMILES string of the molecule is CC=C(C=CCN(c1ccc(OC)cc1)c1ccc(OC)cc1)C1C=CC(N(c2ccc(OC)cc2)c2ccc3c(c2)C(C)(C)c2cc([N+](C)(c4ccc(OC)cc4)c4ccc(-c5ccc(N(C6=CCC(C)(OC)C=C6)c6ccc(OC)cc6)cc5)cc4)ccc2-3)=CC1. The average molecular weight is 1230 g/mol. The standard InChI is InChI=1S/C83H83N4O6/c1-12-58(14-13-55-84(62-25-39-73(88-6)40-26-62)63-27-41-74(89-7)42-28-63)59-15-21-65(22-16-59)86(67-31-45-76(91-9)46-32-67)69-33-49-78-79-50-38-72(57-81(79)82(2,3)80(78)56-69)87(5,71-36-47-77(92-10)48-37-71)70-34-19-61(20-35-70)60-17-23-64(24-18-60)85(66-29-43-75(90-8)44-30-66)68-51-53-83(4,93-11)54-52-68/h12-15,17-53,56-57,59H,16,54-55H2,1-11H3/q+1. The van der Waals surface area contributed by atoms with Gasteiger partial charge in [-0.25, -0.2) is 4.48 Å². The van der Waals surface area contributed by atoms with Crippen LogP contribution in [-0.2, 0) is 10.2 Å². The highest BCUT2D eigenvalue weighted by atomic mass is 16.5. The molecule has 3 atom stereocenters. The van der Waals surface area contributed by atoms with E-state index in [0.29, 0.717) is 11.0 Å². The first kappa shape index (κ1) is 62.9. The van der Waals surface area contributed by atoms with Crippen LogP contribution < -0.4 is 42.9 Å². The van der Waals surface area contributed by atoms with Gasteiger partial charge in [-0.1, -0.05) is 74.6 Å². The van der Waals surface area contributed by atoms with Crippen LogP contribution in [0, 0.1) is 5.92 Å². The first-order chi connectivity index (χ1) is 45.2. The van der Waals surface area contributed by atoms with Gasteiger partial charge >= 0.3 is 0 Å². The maximum absolute atomic E-state index is 5.83. The number of nitrogens with zero attached hydrogens (tertiary/aromatic N) is 4. The predicted molar refractivity (Wildman–Crippen MR) is 385 cm³/mol. The van der Waals surface area contributed by atoms with E-state index >= 15 is 0 Å². The van der Waals surface area contributed by atoms with Crippen LogP contribution in [0.25, 0.3) is 22.3 Å². The Morgan fingerprint density at radius 2 is 0.882 bits per heavy atom. The molecule has 0 bridgehead atoms. The minimum atomic E-state index is -0.342. The van der Waals surface area contributed by atoms with Crippen molar-refractivity contribution >= 4 is 51.2 Å². The molecule has 3 aliphatic carbocycles. The van der Waals surface area contributed by atoms with Gasteiger partial charge in [-0.15, -0.1) is 0 Å². The maximum Gasteiger partial charge on any atom is 0.143 e. The van der Waals surface area contributed by atoms with Crippen LogP contribution in [0.15, 0.2) is 278 Å². The van der Waals surface area contributed by atoms with Gasteiger partial charge < -0.3 is 43.1 Å². The van der Waals surface area contributed by atoms with Crippen molar-refractivity contribution in [2.45, 2.75) is 51.6 Å². The zero-order chi connectivity index (χ0) is 64.9. The number of anilines is 6. The Labute approximate surface area is 549 Å². The molecule has 0 spiro atoms. The van der Waals surface area contributed by atoms with Gasteiger partial charge in [-0.2, -0.15) is 0 Å². The van der Waals surface area contributed by atoms with E-state index in [0.717, 1.165) is 115 Å². The lowest BCUT2D eigenvalue weighted by Crippen LogP contribution is -2.34. The number of quaternary nitrogens is 1. The lowest BCUT2D eigenvalue weighted by atomic mass is 9.82. The van der Waals surface area contributed by atoms with Crippen molar-refractivity contribution in [3.63, 3.8) is 0 Å². The fourth-order valence-electron chi connectivity index (χ4n) is 13.2. The Hall–Kier alpha value is -10.3. The summed E-state index contributed by atoms with van der Waals surface area (Å²) in [5, 5.41) is 0. The molecule has 10 nitrogen and oxygen atoms in total. The number of ether oxygens (including phenoxy) is 6. The lowest BCUT2D eigenvalue weighted by molar-refractivity contribution is 0.0502. The third kappa shape index (κ3) is 12.6. The summed E-state index contributed by atoms with van der Waals surface area (Å²) in [5.74, 6) is 4.28. The van der Waals surface area contributed by atoms with Crippen molar-refractivity contribution < 1.29 is 28.4 Å². The van der Waals surface area contributed by atoms with E-state index in [1.54, 1.807) is 42.7 Å². The molecule has 0 fully saturated rings. The summed E-state index contributed by atoms with van der Waals surface area (Å²) in [4.78, 5) is 6.97. The molecular formula is C83H83N4O6+. The molecule has 3 aliphatic rings. The van der Waals surface area contributed by atoms with Gasteiger partial charge in [0, 0.05) is 113 Å². The number of benzene rings is 9. The summed E-state index contributed by atoms with van der Waals surface area (Å²) in [5.41, 5.74) is 19.9. The van der Waals surface area contributed by atoms with Crippen molar-refractivity contribution in [3.05, 3.63) is 289 Å². The van der Waals surface area contributed by atoms with Crippen LogP contribution in [0.4, 0.5) is 51.2 Å². The second-order valence-electron chi connectivity index (χ2n) is 24.7. The van der Waals surface area contributed by atoms with E-state index in [2.05, 4.69) is 262 Å². The molecule has 93 heavy (non-hydrogen) atoms. The normalized spacial score (nSPS) is 16.9. The highest BCUT2D eigenvalue weighted by Gasteiger charge is 2.40. The monoisotopic (exact) mass is 1230 g/mol. The number of rotatable bonds is 22. The van der Waals surface area contributed by atoms with Crippen LogP contribution in [0.3, 0.4) is 0 Å². The molecule has 0 N–H and O–H groups in total. The number of allylic oxidation sites excluding steroid dienone is 7. The van der Waals surface area contributed by atoms with Gasteiger partial charge in [-0.3, -0.25) is 0 Å². The molecular weight excluding hydrogens is 1150 g/mol. The largest absolute Gasteiger partial charge is 0.497 e. The smallest absolute Gasteiger partial charge is 0.143 e. The number of hydrogen-bond donors (Lipinski definition) is 0. The van der Waals surface area contributed by atoms with E-state index in [4.69, 9.17) is 28.4 Å². The minimum absolute atomic E-state index is 0.198. The minimum Gasteiger partial charge on any atom is -0.497 e. The van der Waals surface area contributed by atoms with Crippen molar-refractivity contribution in [2.75, 3.05) is 71.0 Å². The van der Waals surface area contributed by atoms with Crippen LogP contribution >= 0.6 is 0 Å². The number of fused-ring (bicyclic) bond motifs is 3. The Balaban J connectivity index is 0.821. The Morgan fingerprint density at radius 3 is 1.33 bits per heavy atom. The van der Waals surface area contributed by atoms with Crippen LogP contribution in [0.5, 0.6) is 28.7 Å². The van der Waals surface area contributed by atoms with Crippen LogP contribution in [0.2, 0.25) is 0 Å². The van der Waals surface area contributed by atoms with E-state index < -0.39 is 0 Å². The molecule has 0 heterocycles. The molecule has 0 saturated carbocycles. The molecule has 9 aromatic rings. The molecule has 9 aromatic carbocycles. The van der Waals surface area contributed by atoms with Gasteiger partial charge in [0.05, 0.1) is 48.2 Å². The summed E-state index contributed by atoms with van der Waals surface area (Å²) in [6, 6.07) is 73.6. The van der Waals surface area contributed by atoms with Gasteiger partial charge in [0.15, 0.2) is 0 Å². The molecule has 0 aromatic heterocycles. The maximum atomic E-state index is 5.83. The van der Waals surface area contributed by atoms with E-state index in [9.17, 15) is 0 Å². The lowest BCUT2D eigenvalue weighted by Gasteiger charge is -2.34. The van der Waals surface area contributed by atoms with E-state index in [1.165, 1.54) is 27.8 Å². The third-order valence-electron chi connectivity index (χ3n) is 19.0. The van der Waals surface area contributed by atoms with Crippen molar-refractivity contribution in [2.24, 2.45) is 5.92 Å². The number of hydrogen-bond acceptors (Lipinski definition) is 9. The molecule has 10 heteroatoms. The Bertz CT molecular complexity index is 4250. The molecule has 0 amide bonds. The third-order valence-corrected chi connectivity index (χ3v) is 19.0. The van der Waals surface area contributed by atoms with Gasteiger partial charge in [-0.05, 0) is 223 Å². The van der Waals surface area contributed by atoms with Crippen molar-refractivity contribution in [1.82, 2.24) is 4.48 Å². The topological polar surface area (TPSA) is 65.1 Å². The van der Waals surface area contributed by atoms with Crippen molar-refractivity contribution in [1.29, 1.82) is 0 Å². The quantitative estimate of drug-likeness (QED) is 0.0488. The summed E-state index contributed by atoms with van der Waals surface area (Å²) in [6.07, 6.45) is 22.0. The molecule has 12 rings (SSSR count). The highest BCUT2D eigenvalue weighted by Crippen LogP contribution is 2.54. The first-order valence-electron chi connectivity index (χ1n) is 31.8. The second-order valence-corrected chi connectivity index (χ2v) is 24.7. The second kappa shape index (κ2) is 26.9. The van der Waals surface area contributed by atoms with Crippen molar-refractivity contribution in [3.8, 4) is 51.0 Å². The summed E-state index contributed by atoms with van der Waals surface area (Å²) in [6.45, 7) is 9.67. The fourth-order valence-corrected chi connectivity index (χ4v) is 13.2. The van der Waals surface area contributed by atoms with Crippen LogP contribution in [-0.4, -0.2) is 61.9 Å². The first-order valence-corrected chi connectivity index (χ1v) is 31.8. The van der Waals surface area contributed by atoms with Crippen LogP contribution in [0.1, 0.15) is 51.7 Å². The zero-order valence-electron chi connectivity index (χ0n) is 55.3. The van der Waals surface area contributed by atoms with Gasteiger partial charge in [0.1, 0.15) is 45.8 Å². The van der Waals surface area contributed by atoms with E-state index in [-0.39, 0.29) is 16.9 Å². The Kier molecular flexibility index (Phi) is 18.2. The molecule has 0 radical (unpaired) electrons. The molecule has 0 aliphatic heterocycles. The summed E-state index contributed by atoms with van der Waals surface area (Å²) >= 11 is 0. The zero-order valence-corrected chi connectivity index (χ0v) is 55.3. The summed E-state index contributed by atoms with van der Waals surface area (Å²) in [7, 11) is 12.6. The van der Waals surface area contributed by atoms with Gasteiger partial charge in [0.2, 0.25) is 0 Å². The molecule has 3 unspecified atom stereocenters. The fraction of sp³-hybridized carbons (Fsp3) is 0.205.